The van der Waals surface area contributed by atoms with Gasteiger partial charge in [-0.3, -0.25) is 0 Å². The normalized spacial score (nSPS) is 15.5. The number of ether oxygens (including phenoxy) is 1. The van der Waals surface area contributed by atoms with Gasteiger partial charge in [0.15, 0.2) is 0 Å². The van der Waals surface area contributed by atoms with Crippen LogP contribution in [0.15, 0.2) is 182 Å². The molecule has 1 nitrogen and oxygen atoms in total. The van der Waals surface area contributed by atoms with Gasteiger partial charge in [0.05, 0.1) is 5.41 Å². The van der Waals surface area contributed by atoms with E-state index in [1.807, 2.05) is 6.07 Å². The van der Waals surface area contributed by atoms with E-state index >= 15 is 0 Å². The Bertz CT molecular complexity index is 3000. The zero-order chi connectivity index (χ0) is 34.0. The Kier molecular flexibility index (Phi) is 5.49. The lowest BCUT2D eigenvalue weighted by Gasteiger charge is -2.31. The Hall–Kier alpha value is -6.70. The zero-order valence-corrected chi connectivity index (χ0v) is 28.2. The number of fused-ring (bicyclic) bond motifs is 13. The van der Waals surface area contributed by atoms with Crippen LogP contribution in [0.3, 0.4) is 0 Å². The molecule has 240 valence electrons. The first-order valence-corrected chi connectivity index (χ1v) is 18.1. The molecule has 9 aromatic carbocycles. The smallest absolute Gasteiger partial charge is 0.135 e. The lowest BCUT2D eigenvalue weighted by Crippen LogP contribution is -2.25. The molecule has 0 saturated heterocycles. The molecule has 0 radical (unpaired) electrons. The molecule has 1 heteroatoms. The van der Waals surface area contributed by atoms with E-state index < -0.39 is 5.41 Å². The summed E-state index contributed by atoms with van der Waals surface area (Å²) in [5, 5.41) is 4.93. The summed E-state index contributed by atoms with van der Waals surface area (Å²) >= 11 is 0. The highest BCUT2D eigenvalue weighted by Crippen LogP contribution is 2.63. The molecule has 0 fully saturated rings. The van der Waals surface area contributed by atoms with Crippen LogP contribution < -0.4 is 4.74 Å². The molecule has 1 heterocycles. The third kappa shape index (κ3) is 3.57. The van der Waals surface area contributed by atoms with Gasteiger partial charge in [0.1, 0.15) is 11.5 Å². The quantitative estimate of drug-likeness (QED) is 0.180. The van der Waals surface area contributed by atoms with Gasteiger partial charge in [0, 0.05) is 10.9 Å². The first-order valence-electron chi connectivity index (χ1n) is 18.1. The van der Waals surface area contributed by atoms with Crippen LogP contribution in [0.4, 0.5) is 0 Å². The minimum atomic E-state index is -0.401. The van der Waals surface area contributed by atoms with Crippen molar-refractivity contribution in [3.05, 3.63) is 204 Å². The van der Waals surface area contributed by atoms with Crippen LogP contribution in [-0.2, 0) is 5.41 Å². The monoisotopic (exact) mass is 658 g/mol. The van der Waals surface area contributed by atoms with Gasteiger partial charge in [-0.25, -0.2) is 0 Å². The van der Waals surface area contributed by atoms with Gasteiger partial charge in [-0.15, -0.1) is 0 Å². The van der Waals surface area contributed by atoms with Crippen molar-refractivity contribution in [2.75, 3.05) is 0 Å². The van der Waals surface area contributed by atoms with Crippen molar-refractivity contribution in [1.29, 1.82) is 0 Å². The predicted molar refractivity (Wildman–Crippen MR) is 214 cm³/mol. The fourth-order valence-electron chi connectivity index (χ4n) is 9.70. The van der Waals surface area contributed by atoms with Gasteiger partial charge in [0.2, 0.25) is 0 Å². The van der Waals surface area contributed by atoms with Gasteiger partial charge < -0.3 is 4.74 Å². The molecule has 1 unspecified atom stereocenters. The second-order valence-corrected chi connectivity index (χ2v) is 14.4. The Balaban J connectivity index is 1.07. The molecule has 9 aromatic rings. The average molecular weight is 659 g/mol. The predicted octanol–water partition coefficient (Wildman–Crippen LogP) is 13.4. The highest BCUT2D eigenvalue weighted by Gasteiger charge is 2.51. The number of para-hydroxylation sites is 1. The van der Waals surface area contributed by atoms with Crippen molar-refractivity contribution < 1.29 is 4.74 Å². The molecule has 2 aliphatic carbocycles. The topological polar surface area (TPSA) is 9.23 Å². The van der Waals surface area contributed by atoms with Crippen molar-refractivity contribution in [1.82, 2.24) is 0 Å². The summed E-state index contributed by atoms with van der Waals surface area (Å²) in [5.41, 5.74) is 17.6. The van der Waals surface area contributed by atoms with Crippen molar-refractivity contribution >= 4 is 21.5 Å². The third-order valence-corrected chi connectivity index (χ3v) is 11.9. The number of hydrogen-bond donors (Lipinski definition) is 0. The van der Waals surface area contributed by atoms with Gasteiger partial charge >= 0.3 is 0 Å². The largest absolute Gasteiger partial charge is 0.456 e. The van der Waals surface area contributed by atoms with Gasteiger partial charge in [0.25, 0.3) is 0 Å². The maximum absolute atomic E-state index is 6.42. The summed E-state index contributed by atoms with van der Waals surface area (Å²) in [7, 11) is 0. The van der Waals surface area contributed by atoms with Crippen LogP contribution in [0.25, 0.3) is 77.2 Å². The number of hydrogen-bond acceptors (Lipinski definition) is 1. The number of rotatable bonds is 2. The molecular weight excluding hydrogens is 629 g/mol. The van der Waals surface area contributed by atoms with E-state index in [1.54, 1.807) is 0 Å². The highest BCUT2D eigenvalue weighted by atomic mass is 16.5. The molecule has 0 N–H and O–H groups in total. The minimum Gasteiger partial charge on any atom is -0.456 e. The van der Waals surface area contributed by atoms with Gasteiger partial charge in [-0.05, 0) is 125 Å². The lowest BCUT2D eigenvalue weighted by molar-refractivity contribution is 0.487. The van der Waals surface area contributed by atoms with Gasteiger partial charge in [-0.2, -0.15) is 0 Å². The van der Waals surface area contributed by atoms with E-state index in [-0.39, 0.29) is 0 Å². The van der Waals surface area contributed by atoms with Crippen LogP contribution in [0, 0.1) is 0 Å². The van der Waals surface area contributed by atoms with Crippen LogP contribution in [-0.4, -0.2) is 0 Å². The summed E-state index contributed by atoms with van der Waals surface area (Å²) in [6.45, 7) is 0. The fraction of sp³-hybridized carbons (Fsp3) is 0.0196. The molecular formula is C51H30O. The molecule has 0 bridgehead atoms. The van der Waals surface area contributed by atoms with E-state index in [4.69, 9.17) is 4.74 Å². The Morgan fingerprint density at radius 1 is 0.308 bits per heavy atom. The molecule has 1 aliphatic heterocycles. The maximum atomic E-state index is 6.42. The van der Waals surface area contributed by atoms with Crippen molar-refractivity contribution in [2.24, 2.45) is 0 Å². The molecule has 1 atom stereocenters. The highest BCUT2D eigenvalue weighted by molar-refractivity contribution is 6.10. The molecule has 0 aromatic heterocycles. The van der Waals surface area contributed by atoms with Crippen LogP contribution >= 0.6 is 0 Å². The Morgan fingerprint density at radius 2 is 0.904 bits per heavy atom. The lowest BCUT2D eigenvalue weighted by atomic mass is 9.70. The molecule has 52 heavy (non-hydrogen) atoms. The summed E-state index contributed by atoms with van der Waals surface area (Å²) < 4.78 is 6.42. The number of benzene rings is 9. The van der Waals surface area contributed by atoms with E-state index in [2.05, 4.69) is 176 Å². The van der Waals surface area contributed by atoms with Crippen LogP contribution in [0.2, 0.25) is 0 Å². The maximum Gasteiger partial charge on any atom is 0.135 e. The summed E-state index contributed by atoms with van der Waals surface area (Å²) in [6, 6.07) is 67.4. The Labute approximate surface area is 302 Å². The third-order valence-electron chi connectivity index (χ3n) is 11.9. The fourth-order valence-corrected chi connectivity index (χ4v) is 9.70. The first-order chi connectivity index (χ1) is 25.8. The van der Waals surface area contributed by atoms with Crippen molar-refractivity contribution in [2.45, 2.75) is 5.41 Å². The molecule has 3 aliphatic rings. The zero-order valence-electron chi connectivity index (χ0n) is 28.2. The average Bonchev–Trinajstić information content (AvgIpc) is 3.66. The second kappa shape index (κ2) is 10.2. The van der Waals surface area contributed by atoms with E-state index in [1.165, 1.54) is 93.9 Å². The van der Waals surface area contributed by atoms with Crippen molar-refractivity contribution in [3.8, 4) is 67.1 Å². The first kappa shape index (κ1) is 28.0. The van der Waals surface area contributed by atoms with Crippen LogP contribution in [0.5, 0.6) is 11.5 Å². The Morgan fingerprint density at radius 3 is 1.75 bits per heavy atom. The molecule has 0 saturated carbocycles. The molecule has 12 rings (SSSR count). The second-order valence-electron chi connectivity index (χ2n) is 14.4. The van der Waals surface area contributed by atoms with Crippen molar-refractivity contribution in [3.63, 3.8) is 0 Å². The standard InChI is InChI=1S/C51H30O/c1-2-12-33-29-47-43(28-32(33)11-1)38-16-4-7-21-45(38)51(47)44-20-6-3-15-37(44)39-24-23-34(30-46(39)51)31-13-9-14-35(27-31)36-25-26-49-50-41(36)18-10-19-42(50)40-17-5-8-22-48(40)52-49/h1-30H. The molecule has 1 spiro atoms. The van der Waals surface area contributed by atoms with Gasteiger partial charge in [-0.1, -0.05) is 146 Å². The van der Waals surface area contributed by atoms with E-state index in [0.717, 1.165) is 17.1 Å². The summed E-state index contributed by atoms with van der Waals surface area (Å²) in [6.07, 6.45) is 0. The minimum absolute atomic E-state index is 0.401. The van der Waals surface area contributed by atoms with E-state index in [0.29, 0.717) is 0 Å². The summed E-state index contributed by atoms with van der Waals surface area (Å²) in [4.78, 5) is 0. The van der Waals surface area contributed by atoms with Crippen LogP contribution in [0.1, 0.15) is 22.3 Å². The summed E-state index contributed by atoms with van der Waals surface area (Å²) in [5.74, 6) is 1.83. The molecule has 0 amide bonds. The SMILES string of the molecule is c1cc(-c2ccc3c(c2)C2(c4ccccc4-3)c3ccccc3-c3cc4ccccc4cc32)cc(-c2ccc3c4c(cccc24)-c2ccccc2O3)c1. The van der Waals surface area contributed by atoms with E-state index in [9.17, 15) is 0 Å².